The number of halogens is 3. The molecule has 1 aliphatic heterocycles. The van der Waals surface area contributed by atoms with E-state index in [2.05, 4.69) is 17.9 Å². The van der Waals surface area contributed by atoms with Crippen LogP contribution in [-0.4, -0.2) is 42.1 Å². The molecule has 0 amide bonds. The predicted octanol–water partition coefficient (Wildman–Crippen LogP) is 6.84. The molecule has 0 radical (unpaired) electrons. The van der Waals surface area contributed by atoms with Crippen LogP contribution in [0.4, 0.5) is 13.2 Å². The average molecular weight is 466 g/mol. The van der Waals surface area contributed by atoms with E-state index in [-0.39, 0.29) is 18.6 Å². The van der Waals surface area contributed by atoms with Gasteiger partial charge in [-0.25, -0.2) is 0 Å². The maximum Gasteiger partial charge on any atom is 0.419 e. The Balaban J connectivity index is 1.67. The van der Waals surface area contributed by atoms with Crippen LogP contribution in [0.5, 0.6) is 0 Å². The van der Waals surface area contributed by atoms with Gasteiger partial charge in [0.1, 0.15) is 18.6 Å². The third kappa shape index (κ3) is 6.86. The smallest absolute Gasteiger partial charge is 0.419 e. The van der Waals surface area contributed by atoms with Gasteiger partial charge in [-0.05, 0) is 94.8 Å². The molecule has 0 spiro atoms. The molecule has 0 bridgehead atoms. The Morgan fingerprint density at radius 1 is 1.21 bits per heavy atom. The monoisotopic (exact) mass is 465 g/mol. The molecule has 3 aliphatic rings. The summed E-state index contributed by atoms with van der Waals surface area (Å²) in [5.74, 6) is 0.895. The molecule has 1 heterocycles. The number of ether oxygens (including phenoxy) is 1. The second-order valence-corrected chi connectivity index (χ2v) is 9.71. The summed E-state index contributed by atoms with van der Waals surface area (Å²) in [5.41, 5.74) is 3.16. The van der Waals surface area contributed by atoms with Gasteiger partial charge in [0.2, 0.25) is 0 Å². The van der Waals surface area contributed by atoms with Gasteiger partial charge < -0.3 is 9.84 Å². The highest BCUT2D eigenvalue weighted by Crippen LogP contribution is 2.38. The van der Waals surface area contributed by atoms with E-state index in [1.54, 1.807) is 6.92 Å². The number of hydrogen-bond acceptors (Lipinski definition) is 3. The maximum absolute atomic E-state index is 13.5. The molecule has 1 N–H and O–H groups in total. The Kier molecular flexibility index (Phi) is 8.68. The zero-order valence-corrected chi connectivity index (χ0v) is 20.3. The number of aliphatic hydroxyl groups excluding tert-OH is 1. The summed E-state index contributed by atoms with van der Waals surface area (Å²) in [5, 5.41) is 10.4. The van der Waals surface area contributed by atoms with Crippen LogP contribution >= 0.6 is 0 Å². The topological polar surface area (TPSA) is 32.7 Å². The van der Waals surface area contributed by atoms with Crippen LogP contribution in [0.2, 0.25) is 0 Å². The van der Waals surface area contributed by atoms with Crippen LogP contribution < -0.4 is 0 Å². The molecule has 3 rings (SSSR count). The van der Waals surface area contributed by atoms with Gasteiger partial charge in [0.15, 0.2) is 0 Å². The highest BCUT2D eigenvalue weighted by atomic mass is 19.4. The van der Waals surface area contributed by atoms with Gasteiger partial charge in [-0.15, -0.1) is 0 Å². The molecule has 1 atom stereocenters. The van der Waals surface area contributed by atoms with Crippen molar-refractivity contribution in [2.75, 3.05) is 19.7 Å². The van der Waals surface area contributed by atoms with Crippen LogP contribution in [0.3, 0.4) is 0 Å². The first kappa shape index (κ1) is 25.8. The van der Waals surface area contributed by atoms with E-state index in [1.165, 1.54) is 11.6 Å². The van der Waals surface area contributed by atoms with Crippen molar-refractivity contribution >= 4 is 0 Å². The van der Waals surface area contributed by atoms with Crippen molar-refractivity contribution in [1.82, 2.24) is 4.90 Å². The van der Waals surface area contributed by atoms with Crippen LogP contribution in [0, 0.1) is 11.8 Å². The number of allylic oxidation sites excluding steroid dienone is 7. The minimum Gasteiger partial charge on any atom is -0.488 e. The Morgan fingerprint density at radius 2 is 1.88 bits per heavy atom. The molecule has 2 aliphatic carbocycles. The maximum atomic E-state index is 13.5. The van der Waals surface area contributed by atoms with Gasteiger partial charge in [0.05, 0.1) is 5.57 Å². The summed E-state index contributed by atoms with van der Waals surface area (Å²) in [6, 6.07) is 0. The van der Waals surface area contributed by atoms with Gasteiger partial charge in [0.25, 0.3) is 0 Å². The third-order valence-electron chi connectivity index (χ3n) is 7.09. The minimum absolute atomic E-state index is 0.0224. The molecule has 0 aromatic rings. The summed E-state index contributed by atoms with van der Waals surface area (Å²) in [6.07, 6.45) is 7.79. The lowest BCUT2D eigenvalue weighted by Gasteiger charge is -2.35. The van der Waals surface area contributed by atoms with E-state index in [1.807, 2.05) is 26.0 Å². The SMILES string of the molecule is C\C=C/C(COC1=C(C)CCC=C1C(F)(F)F)=C(C)\C=C(/C)C1CCN(C(O)C2CC2)CC1. The van der Waals surface area contributed by atoms with Gasteiger partial charge in [-0.1, -0.05) is 29.9 Å². The van der Waals surface area contributed by atoms with Crippen LogP contribution in [-0.2, 0) is 4.74 Å². The second-order valence-electron chi connectivity index (χ2n) is 9.71. The van der Waals surface area contributed by atoms with Crippen molar-refractivity contribution in [3.63, 3.8) is 0 Å². The highest BCUT2D eigenvalue weighted by molar-refractivity contribution is 5.39. The summed E-state index contributed by atoms with van der Waals surface area (Å²) in [4.78, 5) is 2.20. The Labute approximate surface area is 196 Å². The first-order valence-corrected chi connectivity index (χ1v) is 12.1. The van der Waals surface area contributed by atoms with Gasteiger partial charge in [-0.2, -0.15) is 13.2 Å². The van der Waals surface area contributed by atoms with Gasteiger partial charge >= 0.3 is 6.18 Å². The Morgan fingerprint density at radius 3 is 2.45 bits per heavy atom. The lowest BCUT2D eigenvalue weighted by atomic mass is 9.88. The second kappa shape index (κ2) is 11.1. The zero-order valence-electron chi connectivity index (χ0n) is 20.3. The molecular formula is C27H38F3NO2. The van der Waals surface area contributed by atoms with Crippen molar-refractivity contribution in [3.8, 4) is 0 Å². The molecule has 0 aromatic carbocycles. The number of aliphatic hydroxyl groups is 1. The van der Waals surface area contributed by atoms with Gasteiger partial charge in [0, 0.05) is 13.1 Å². The normalized spacial score (nSPS) is 23.6. The van der Waals surface area contributed by atoms with Crippen molar-refractivity contribution in [2.24, 2.45) is 11.8 Å². The van der Waals surface area contributed by atoms with Crippen molar-refractivity contribution in [2.45, 2.75) is 78.6 Å². The van der Waals surface area contributed by atoms with Crippen LogP contribution in [0.15, 0.2) is 57.9 Å². The fraction of sp³-hybridized carbons (Fsp3) is 0.630. The van der Waals surface area contributed by atoms with Crippen molar-refractivity contribution in [3.05, 3.63) is 57.9 Å². The molecule has 1 saturated heterocycles. The standard InChI is InChI=1S/C27H38F3NO2/c1-5-7-23(17-33-25-18(2)8-6-9-24(25)27(28,29)30)20(4)16-19(3)21-12-14-31(15-13-21)26(32)22-10-11-22/h5,7,9,16,21-22,26,32H,6,8,10-15,17H2,1-4H3/b7-5-,19-16+,23-20+. The molecule has 1 saturated carbocycles. The lowest BCUT2D eigenvalue weighted by Crippen LogP contribution is -2.42. The molecule has 33 heavy (non-hydrogen) atoms. The van der Waals surface area contributed by atoms with E-state index >= 15 is 0 Å². The van der Waals surface area contributed by atoms with E-state index in [0.717, 1.165) is 49.9 Å². The number of alkyl halides is 3. The lowest BCUT2D eigenvalue weighted by molar-refractivity contribution is -0.0944. The summed E-state index contributed by atoms with van der Waals surface area (Å²) < 4.78 is 46.2. The average Bonchev–Trinajstić information content (AvgIpc) is 3.61. The molecule has 6 heteroatoms. The number of hydrogen-bond donors (Lipinski definition) is 1. The fourth-order valence-corrected chi connectivity index (χ4v) is 4.82. The largest absolute Gasteiger partial charge is 0.488 e. The Hall–Kier alpha value is -1.79. The highest BCUT2D eigenvalue weighted by Gasteiger charge is 2.39. The Bertz CT molecular complexity index is 851. The molecule has 2 fully saturated rings. The van der Waals surface area contributed by atoms with E-state index in [9.17, 15) is 18.3 Å². The third-order valence-corrected chi connectivity index (χ3v) is 7.09. The van der Waals surface area contributed by atoms with E-state index in [0.29, 0.717) is 30.3 Å². The molecule has 184 valence electrons. The van der Waals surface area contributed by atoms with Crippen molar-refractivity contribution < 1.29 is 23.0 Å². The van der Waals surface area contributed by atoms with E-state index < -0.39 is 11.7 Å². The number of nitrogens with zero attached hydrogens (tertiary/aromatic N) is 1. The predicted molar refractivity (Wildman–Crippen MR) is 126 cm³/mol. The summed E-state index contributed by atoms with van der Waals surface area (Å²) in [6.45, 7) is 9.66. The first-order valence-electron chi connectivity index (χ1n) is 12.1. The molecule has 3 nitrogen and oxygen atoms in total. The summed E-state index contributed by atoms with van der Waals surface area (Å²) >= 11 is 0. The fourth-order valence-electron chi connectivity index (χ4n) is 4.82. The molecule has 1 unspecified atom stereocenters. The first-order chi connectivity index (χ1) is 15.6. The minimum atomic E-state index is -4.41. The summed E-state index contributed by atoms with van der Waals surface area (Å²) in [7, 11) is 0. The van der Waals surface area contributed by atoms with E-state index in [4.69, 9.17) is 4.74 Å². The molecule has 0 aromatic heterocycles. The van der Waals surface area contributed by atoms with Crippen LogP contribution in [0.1, 0.15) is 66.2 Å². The zero-order chi connectivity index (χ0) is 24.2. The molecular weight excluding hydrogens is 427 g/mol. The number of piperidine rings is 1. The quantitative estimate of drug-likeness (QED) is 0.399. The van der Waals surface area contributed by atoms with Gasteiger partial charge in [-0.3, -0.25) is 4.90 Å². The number of likely N-dealkylation sites (tertiary alicyclic amines) is 1. The van der Waals surface area contributed by atoms with Crippen molar-refractivity contribution in [1.29, 1.82) is 0 Å². The van der Waals surface area contributed by atoms with Crippen LogP contribution in [0.25, 0.3) is 0 Å². The number of rotatable bonds is 8.